The van der Waals surface area contributed by atoms with Crippen molar-refractivity contribution >= 4 is 17.3 Å². The van der Waals surface area contributed by atoms with E-state index in [-0.39, 0.29) is 12.2 Å². The third-order valence-electron chi connectivity index (χ3n) is 2.17. The lowest BCUT2D eigenvalue weighted by Crippen LogP contribution is -2.02. The number of nitrogens with zero attached hydrogens (tertiary/aromatic N) is 1. The molecule has 0 aliphatic heterocycles. The summed E-state index contributed by atoms with van der Waals surface area (Å²) in [5, 5.41) is 3.27. The normalized spacial score (nSPS) is 10.3. The van der Waals surface area contributed by atoms with Crippen molar-refractivity contribution in [1.82, 2.24) is 4.98 Å². The molecule has 0 unspecified atom stereocenters. The second-order valence-electron chi connectivity index (χ2n) is 3.49. The van der Waals surface area contributed by atoms with Crippen LogP contribution >= 0.6 is 11.6 Å². The highest BCUT2D eigenvalue weighted by molar-refractivity contribution is 6.30. The molecule has 0 amide bonds. The Balaban J connectivity index is 2.09. The fraction of sp³-hybridized carbons (Fsp3) is 0.0833. The molecule has 1 N–H and O–H groups in total. The first-order chi connectivity index (χ1) is 8.15. The van der Waals surface area contributed by atoms with Gasteiger partial charge in [0.05, 0.1) is 11.9 Å². The molecule has 2 aromatic rings. The zero-order valence-electron chi connectivity index (χ0n) is 8.75. The standard InChI is InChI=1S/C12H9ClF2N2/c13-9-1-2-11(15)12(4-9)17-6-8-3-10(14)7-16-5-8/h1-5,7,17H,6H2. The molecule has 1 heterocycles. The largest absolute Gasteiger partial charge is 0.378 e. The van der Waals surface area contributed by atoms with Crippen LogP contribution in [0.5, 0.6) is 0 Å². The van der Waals surface area contributed by atoms with Crippen molar-refractivity contribution in [3.63, 3.8) is 0 Å². The van der Waals surface area contributed by atoms with E-state index < -0.39 is 11.6 Å². The minimum atomic E-state index is -0.420. The van der Waals surface area contributed by atoms with Crippen molar-refractivity contribution in [2.24, 2.45) is 0 Å². The number of rotatable bonds is 3. The Kier molecular flexibility index (Phi) is 3.54. The molecule has 0 aliphatic rings. The van der Waals surface area contributed by atoms with Crippen LogP contribution in [0.2, 0.25) is 5.02 Å². The fourth-order valence-corrected chi connectivity index (χ4v) is 1.55. The Hall–Kier alpha value is -1.68. The van der Waals surface area contributed by atoms with Crippen molar-refractivity contribution in [3.05, 3.63) is 58.9 Å². The molecular weight excluding hydrogens is 246 g/mol. The van der Waals surface area contributed by atoms with Gasteiger partial charge < -0.3 is 5.32 Å². The maximum Gasteiger partial charge on any atom is 0.146 e. The molecule has 0 saturated heterocycles. The third-order valence-corrected chi connectivity index (χ3v) is 2.41. The second-order valence-corrected chi connectivity index (χ2v) is 3.93. The number of pyridine rings is 1. The Bertz CT molecular complexity index is 532. The smallest absolute Gasteiger partial charge is 0.146 e. The van der Waals surface area contributed by atoms with Crippen LogP contribution in [0.15, 0.2) is 36.7 Å². The molecule has 0 radical (unpaired) electrons. The Morgan fingerprint density at radius 3 is 2.76 bits per heavy atom. The number of halogens is 3. The van der Waals surface area contributed by atoms with E-state index in [0.29, 0.717) is 10.6 Å². The lowest BCUT2D eigenvalue weighted by Gasteiger charge is -2.07. The highest BCUT2D eigenvalue weighted by Gasteiger charge is 2.03. The van der Waals surface area contributed by atoms with Crippen molar-refractivity contribution < 1.29 is 8.78 Å². The zero-order valence-corrected chi connectivity index (χ0v) is 9.51. The van der Waals surface area contributed by atoms with E-state index in [1.807, 2.05) is 0 Å². The third kappa shape index (κ3) is 3.14. The second kappa shape index (κ2) is 5.10. The zero-order chi connectivity index (χ0) is 12.3. The summed E-state index contributed by atoms with van der Waals surface area (Å²) in [6.45, 7) is 0.280. The SMILES string of the molecule is Fc1cncc(CNc2cc(Cl)ccc2F)c1. The van der Waals surface area contributed by atoms with E-state index in [0.717, 1.165) is 6.20 Å². The van der Waals surface area contributed by atoms with Crippen LogP contribution in [0.25, 0.3) is 0 Å². The van der Waals surface area contributed by atoms with Crippen LogP contribution in [0, 0.1) is 11.6 Å². The van der Waals surface area contributed by atoms with Gasteiger partial charge in [-0.15, -0.1) is 0 Å². The van der Waals surface area contributed by atoms with Crippen molar-refractivity contribution in [1.29, 1.82) is 0 Å². The van der Waals surface area contributed by atoms with Crippen LogP contribution < -0.4 is 5.32 Å². The average Bonchev–Trinajstić information content (AvgIpc) is 2.30. The fourth-order valence-electron chi connectivity index (χ4n) is 1.38. The maximum absolute atomic E-state index is 13.3. The van der Waals surface area contributed by atoms with Crippen LogP contribution in [-0.4, -0.2) is 4.98 Å². The highest BCUT2D eigenvalue weighted by Crippen LogP contribution is 2.20. The summed E-state index contributed by atoms with van der Waals surface area (Å²) >= 11 is 5.74. The van der Waals surface area contributed by atoms with E-state index in [2.05, 4.69) is 10.3 Å². The van der Waals surface area contributed by atoms with Gasteiger partial charge in [-0.2, -0.15) is 0 Å². The van der Waals surface area contributed by atoms with Gasteiger partial charge in [0.2, 0.25) is 0 Å². The molecule has 0 spiro atoms. The van der Waals surface area contributed by atoms with Crippen molar-refractivity contribution in [3.8, 4) is 0 Å². The number of benzene rings is 1. The summed E-state index contributed by atoms with van der Waals surface area (Å²) in [6.07, 6.45) is 2.63. The summed E-state index contributed by atoms with van der Waals surface area (Å²) in [5.74, 6) is -0.824. The number of anilines is 1. The highest BCUT2D eigenvalue weighted by atomic mass is 35.5. The van der Waals surface area contributed by atoms with Gasteiger partial charge in [0.15, 0.2) is 0 Å². The lowest BCUT2D eigenvalue weighted by molar-refractivity contribution is 0.618. The molecule has 0 aliphatic carbocycles. The molecule has 17 heavy (non-hydrogen) atoms. The van der Waals surface area contributed by atoms with Crippen LogP contribution in [0.3, 0.4) is 0 Å². The summed E-state index contributed by atoms with van der Waals surface area (Å²) in [6, 6.07) is 5.55. The van der Waals surface area contributed by atoms with Gasteiger partial charge >= 0.3 is 0 Å². The van der Waals surface area contributed by atoms with E-state index >= 15 is 0 Å². The molecule has 2 rings (SSSR count). The Morgan fingerprint density at radius 1 is 1.18 bits per heavy atom. The Labute approximate surface area is 102 Å². The maximum atomic E-state index is 13.3. The molecule has 2 nitrogen and oxygen atoms in total. The van der Waals surface area contributed by atoms with Gasteiger partial charge in [0.25, 0.3) is 0 Å². The van der Waals surface area contributed by atoms with Gasteiger partial charge in [0, 0.05) is 17.8 Å². The molecule has 0 fully saturated rings. The van der Waals surface area contributed by atoms with Crippen LogP contribution in [-0.2, 0) is 6.54 Å². The molecule has 0 atom stereocenters. The van der Waals surface area contributed by atoms with E-state index in [9.17, 15) is 8.78 Å². The molecule has 0 saturated carbocycles. The lowest BCUT2D eigenvalue weighted by atomic mass is 10.2. The van der Waals surface area contributed by atoms with E-state index in [1.165, 1.54) is 30.5 Å². The summed E-state index contributed by atoms with van der Waals surface area (Å²) in [5.41, 5.74) is 0.908. The molecule has 0 bridgehead atoms. The minimum Gasteiger partial charge on any atom is -0.378 e. The molecular formula is C12H9ClF2N2. The van der Waals surface area contributed by atoms with Gasteiger partial charge in [-0.05, 0) is 29.8 Å². The topological polar surface area (TPSA) is 24.9 Å². The predicted octanol–water partition coefficient (Wildman–Crippen LogP) is 3.63. The summed E-state index contributed by atoms with van der Waals surface area (Å²) < 4.78 is 26.2. The first-order valence-electron chi connectivity index (χ1n) is 4.93. The minimum absolute atomic E-state index is 0.279. The number of hydrogen-bond donors (Lipinski definition) is 1. The summed E-state index contributed by atoms with van der Waals surface area (Å²) in [7, 11) is 0. The molecule has 1 aromatic carbocycles. The van der Waals surface area contributed by atoms with Crippen molar-refractivity contribution in [2.45, 2.75) is 6.54 Å². The first-order valence-corrected chi connectivity index (χ1v) is 5.31. The number of aromatic nitrogens is 1. The van der Waals surface area contributed by atoms with Crippen LogP contribution in [0.4, 0.5) is 14.5 Å². The average molecular weight is 255 g/mol. The number of hydrogen-bond acceptors (Lipinski definition) is 2. The van der Waals surface area contributed by atoms with E-state index in [1.54, 1.807) is 0 Å². The summed E-state index contributed by atoms with van der Waals surface area (Å²) in [4.78, 5) is 3.70. The Morgan fingerprint density at radius 2 is 2.00 bits per heavy atom. The van der Waals surface area contributed by atoms with Crippen LogP contribution in [0.1, 0.15) is 5.56 Å². The molecule has 5 heteroatoms. The van der Waals surface area contributed by atoms with Gasteiger partial charge in [-0.1, -0.05) is 11.6 Å². The van der Waals surface area contributed by atoms with Gasteiger partial charge in [-0.3, -0.25) is 4.98 Å². The predicted molar refractivity (Wildman–Crippen MR) is 62.9 cm³/mol. The first kappa shape index (κ1) is 11.8. The van der Waals surface area contributed by atoms with Crippen molar-refractivity contribution in [2.75, 3.05) is 5.32 Å². The monoisotopic (exact) mass is 254 g/mol. The van der Waals surface area contributed by atoms with E-state index in [4.69, 9.17) is 11.6 Å². The molecule has 1 aromatic heterocycles. The van der Waals surface area contributed by atoms with Gasteiger partial charge in [0.1, 0.15) is 11.6 Å². The van der Waals surface area contributed by atoms with Gasteiger partial charge in [-0.25, -0.2) is 8.78 Å². The molecule has 88 valence electrons. The quantitative estimate of drug-likeness (QED) is 0.905. The number of nitrogens with one attached hydrogen (secondary N) is 1.